The Hall–Kier alpha value is -1.64. The summed E-state index contributed by atoms with van der Waals surface area (Å²) < 4.78 is 13.5. The summed E-state index contributed by atoms with van der Waals surface area (Å²) in [6, 6.07) is 21.7. The van der Waals surface area contributed by atoms with Gasteiger partial charge in [0.15, 0.2) is 5.79 Å². The minimum absolute atomic E-state index is 0.238. The van der Waals surface area contributed by atoms with Gasteiger partial charge in [0.2, 0.25) is 0 Å². The summed E-state index contributed by atoms with van der Waals surface area (Å²) in [6.45, 7) is 0. The zero-order chi connectivity index (χ0) is 19.5. The predicted molar refractivity (Wildman–Crippen MR) is 117 cm³/mol. The van der Waals surface area contributed by atoms with E-state index < -0.39 is 0 Å². The van der Waals surface area contributed by atoms with Crippen molar-refractivity contribution >= 4 is 0 Å². The van der Waals surface area contributed by atoms with Crippen molar-refractivity contribution in [2.45, 2.75) is 82.2 Å². The van der Waals surface area contributed by atoms with Gasteiger partial charge >= 0.3 is 0 Å². The molecule has 4 atom stereocenters. The molecule has 0 aromatic heterocycles. The molecule has 0 amide bonds. The summed E-state index contributed by atoms with van der Waals surface area (Å²) in [5.74, 6) is 1.31. The van der Waals surface area contributed by atoms with E-state index in [9.17, 15) is 0 Å². The lowest BCUT2D eigenvalue weighted by Gasteiger charge is -2.32. The topological polar surface area (TPSA) is 18.5 Å². The van der Waals surface area contributed by atoms with Crippen LogP contribution in [0.15, 0.2) is 60.7 Å². The first-order valence-corrected chi connectivity index (χ1v) is 11.8. The fourth-order valence-corrected chi connectivity index (χ4v) is 5.68. The number of hydrogen-bond donors (Lipinski definition) is 0. The SMILES string of the molecule is c1ccc(CCC[C@@H]2OC3(CCC[C@H]4C[C@H]43)O[C@H]2CCCc2ccccc2)cc1. The molecule has 2 heteroatoms. The van der Waals surface area contributed by atoms with Crippen LogP contribution < -0.4 is 0 Å². The fraction of sp³-hybridized carbons (Fsp3) is 0.556. The average molecular weight is 391 g/mol. The molecule has 0 N–H and O–H groups in total. The maximum absolute atomic E-state index is 6.77. The molecular weight excluding hydrogens is 356 g/mol. The molecule has 0 radical (unpaired) electrons. The standard InChI is InChI=1S/C27H34O2/c1-3-10-21(11-4-1)14-7-17-25-26(18-8-15-22-12-5-2-6-13-22)29-27(28-25)19-9-16-23-20-24(23)27/h1-6,10-13,23-26H,7-9,14-20H2/t23-,24+,25-,26-/m0/s1. The zero-order valence-corrected chi connectivity index (χ0v) is 17.5. The van der Waals surface area contributed by atoms with Crippen molar-refractivity contribution in [2.75, 3.05) is 0 Å². The molecular formula is C27H34O2. The second-order valence-corrected chi connectivity index (χ2v) is 9.37. The second kappa shape index (κ2) is 8.62. The van der Waals surface area contributed by atoms with Crippen molar-refractivity contribution in [3.63, 3.8) is 0 Å². The number of fused-ring (bicyclic) bond motifs is 2. The van der Waals surface area contributed by atoms with Crippen LogP contribution in [0.2, 0.25) is 0 Å². The second-order valence-electron chi connectivity index (χ2n) is 9.37. The quantitative estimate of drug-likeness (QED) is 0.524. The number of rotatable bonds is 8. The zero-order valence-electron chi connectivity index (χ0n) is 17.5. The minimum atomic E-state index is -0.238. The highest BCUT2D eigenvalue weighted by atomic mass is 16.8. The first kappa shape index (κ1) is 19.3. The number of aryl methyl sites for hydroxylation is 2. The van der Waals surface area contributed by atoms with Crippen molar-refractivity contribution in [2.24, 2.45) is 11.8 Å². The molecule has 1 heterocycles. The Morgan fingerprint density at radius 3 is 1.86 bits per heavy atom. The van der Waals surface area contributed by atoms with Crippen LogP contribution in [-0.2, 0) is 22.3 Å². The van der Waals surface area contributed by atoms with Gasteiger partial charge in [-0.3, -0.25) is 0 Å². The molecule has 2 saturated carbocycles. The Kier molecular flexibility index (Phi) is 5.74. The van der Waals surface area contributed by atoms with E-state index in [0.29, 0.717) is 5.92 Å². The molecule has 2 aromatic rings. The van der Waals surface area contributed by atoms with Gasteiger partial charge in [-0.2, -0.15) is 0 Å². The molecule has 2 aliphatic carbocycles. The lowest BCUT2D eigenvalue weighted by atomic mass is 9.94. The highest BCUT2D eigenvalue weighted by Crippen LogP contribution is 2.60. The number of benzene rings is 2. The predicted octanol–water partition coefficient (Wildman–Crippen LogP) is 6.33. The first-order valence-electron chi connectivity index (χ1n) is 11.8. The molecule has 1 aliphatic heterocycles. The molecule has 2 nitrogen and oxygen atoms in total. The Morgan fingerprint density at radius 2 is 1.31 bits per heavy atom. The number of ether oxygens (including phenoxy) is 2. The van der Waals surface area contributed by atoms with Gasteiger partial charge in [-0.15, -0.1) is 0 Å². The van der Waals surface area contributed by atoms with E-state index in [-0.39, 0.29) is 18.0 Å². The van der Waals surface area contributed by atoms with E-state index in [4.69, 9.17) is 9.47 Å². The van der Waals surface area contributed by atoms with Gasteiger partial charge in [0.1, 0.15) is 0 Å². The monoisotopic (exact) mass is 390 g/mol. The third-order valence-corrected chi connectivity index (χ3v) is 7.30. The molecule has 0 bridgehead atoms. The van der Waals surface area contributed by atoms with Crippen LogP contribution in [0, 0.1) is 11.8 Å². The molecule has 1 saturated heterocycles. The highest BCUT2D eigenvalue weighted by Gasteiger charge is 2.61. The Morgan fingerprint density at radius 1 is 0.759 bits per heavy atom. The Bertz CT molecular complexity index is 718. The summed E-state index contributed by atoms with van der Waals surface area (Å²) in [4.78, 5) is 0. The Labute approximate surface area is 175 Å². The molecule has 3 aliphatic rings. The van der Waals surface area contributed by atoms with E-state index in [1.165, 1.54) is 43.2 Å². The number of hydrogen-bond acceptors (Lipinski definition) is 2. The van der Waals surface area contributed by atoms with Crippen molar-refractivity contribution in [3.05, 3.63) is 71.8 Å². The average Bonchev–Trinajstić information content (AvgIpc) is 3.48. The summed E-state index contributed by atoms with van der Waals surface area (Å²) in [5.41, 5.74) is 2.86. The highest BCUT2D eigenvalue weighted by molar-refractivity contribution is 5.15. The summed E-state index contributed by atoms with van der Waals surface area (Å²) in [6.07, 6.45) is 12.5. The molecule has 1 spiro atoms. The molecule has 0 unspecified atom stereocenters. The smallest absolute Gasteiger partial charge is 0.172 e. The maximum atomic E-state index is 6.77. The van der Waals surface area contributed by atoms with Gasteiger partial charge in [-0.1, -0.05) is 60.7 Å². The molecule has 3 fully saturated rings. The van der Waals surface area contributed by atoms with Crippen LogP contribution in [-0.4, -0.2) is 18.0 Å². The third kappa shape index (κ3) is 4.44. The van der Waals surface area contributed by atoms with Crippen molar-refractivity contribution in [1.29, 1.82) is 0 Å². The van der Waals surface area contributed by atoms with Crippen molar-refractivity contribution in [3.8, 4) is 0 Å². The molecule has 154 valence electrons. The normalized spacial score (nSPS) is 29.7. The largest absolute Gasteiger partial charge is 0.344 e. The van der Waals surface area contributed by atoms with Gasteiger partial charge in [0, 0.05) is 12.3 Å². The van der Waals surface area contributed by atoms with Gasteiger partial charge in [0.05, 0.1) is 12.2 Å². The lowest BCUT2D eigenvalue weighted by Crippen LogP contribution is -2.37. The fourth-order valence-electron chi connectivity index (χ4n) is 5.68. The Balaban J connectivity index is 1.19. The van der Waals surface area contributed by atoms with Crippen LogP contribution in [0.1, 0.15) is 62.5 Å². The van der Waals surface area contributed by atoms with Crippen LogP contribution in [0.25, 0.3) is 0 Å². The third-order valence-electron chi connectivity index (χ3n) is 7.30. The van der Waals surface area contributed by atoms with Gasteiger partial charge in [-0.25, -0.2) is 0 Å². The van der Waals surface area contributed by atoms with Crippen LogP contribution >= 0.6 is 0 Å². The first-order chi connectivity index (χ1) is 14.3. The van der Waals surface area contributed by atoms with Crippen LogP contribution in [0.3, 0.4) is 0 Å². The molecule has 29 heavy (non-hydrogen) atoms. The molecule has 5 rings (SSSR count). The van der Waals surface area contributed by atoms with Crippen LogP contribution in [0.4, 0.5) is 0 Å². The lowest BCUT2D eigenvalue weighted by molar-refractivity contribution is -0.206. The summed E-state index contributed by atoms with van der Waals surface area (Å²) >= 11 is 0. The van der Waals surface area contributed by atoms with Crippen LogP contribution in [0.5, 0.6) is 0 Å². The van der Waals surface area contributed by atoms with Crippen molar-refractivity contribution < 1.29 is 9.47 Å². The van der Waals surface area contributed by atoms with Crippen molar-refractivity contribution in [1.82, 2.24) is 0 Å². The van der Waals surface area contributed by atoms with E-state index in [1.807, 2.05) is 0 Å². The van der Waals surface area contributed by atoms with E-state index in [1.54, 1.807) is 0 Å². The van der Waals surface area contributed by atoms with E-state index in [0.717, 1.165) is 38.0 Å². The summed E-state index contributed by atoms with van der Waals surface area (Å²) in [5, 5.41) is 0. The summed E-state index contributed by atoms with van der Waals surface area (Å²) in [7, 11) is 0. The van der Waals surface area contributed by atoms with E-state index in [2.05, 4.69) is 60.7 Å². The maximum Gasteiger partial charge on any atom is 0.172 e. The van der Waals surface area contributed by atoms with Gasteiger partial charge in [-0.05, 0) is 74.8 Å². The van der Waals surface area contributed by atoms with E-state index >= 15 is 0 Å². The van der Waals surface area contributed by atoms with Gasteiger partial charge < -0.3 is 9.47 Å². The minimum Gasteiger partial charge on any atom is -0.344 e. The van der Waals surface area contributed by atoms with Gasteiger partial charge in [0.25, 0.3) is 0 Å². The molecule has 2 aromatic carbocycles.